The van der Waals surface area contributed by atoms with Crippen molar-refractivity contribution in [1.29, 1.82) is 5.26 Å². The van der Waals surface area contributed by atoms with Crippen molar-refractivity contribution in [2.75, 3.05) is 13.2 Å². The molecule has 0 aromatic rings. The molecule has 0 heterocycles. The van der Waals surface area contributed by atoms with Crippen LogP contribution in [-0.4, -0.2) is 38.1 Å². The quantitative estimate of drug-likeness (QED) is 0.555. The molecule has 0 aromatic carbocycles. The fourth-order valence-electron chi connectivity index (χ4n) is 3.53. The van der Waals surface area contributed by atoms with Crippen molar-refractivity contribution in [2.24, 2.45) is 23.7 Å². The Hall–Kier alpha value is -0.950. The van der Waals surface area contributed by atoms with Crippen molar-refractivity contribution >= 4 is 10.1 Å². The molecular weight excluding hydrogens is 320 g/mol. The molecular formula is C13H18F2NO5S+. The van der Waals surface area contributed by atoms with E-state index in [-0.39, 0.29) is 30.3 Å². The number of nitrogens with zero attached hydrogens (tertiary/aromatic N) is 1. The fraction of sp³-hybridized carbons (Fsp3) is 0.846. The zero-order chi connectivity index (χ0) is 16.5. The Morgan fingerprint density at radius 3 is 2.55 bits per heavy atom. The molecule has 0 radical (unpaired) electrons. The van der Waals surface area contributed by atoms with Crippen LogP contribution in [0, 0.1) is 42.1 Å². The molecule has 5 unspecified atom stereocenters. The SMILES string of the molecule is [CH2+]OS(=O)(=O)C(F)(F)COCC(O)C1CC2CC1CC2C#N. The number of hydrogen-bond donors (Lipinski definition) is 1. The molecule has 22 heavy (non-hydrogen) atoms. The van der Waals surface area contributed by atoms with E-state index in [1.165, 1.54) is 0 Å². The van der Waals surface area contributed by atoms with Crippen LogP contribution in [0.1, 0.15) is 19.3 Å². The highest BCUT2D eigenvalue weighted by Crippen LogP contribution is 2.52. The van der Waals surface area contributed by atoms with Gasteiger partial charge in [-0.1, -0.05) is 4.18 Å². The van der Waals surface area contributed by atoms with E-state index in [4.69, 9.17) is 5.26 Å². The van der Waals surface area contributed by atoms with E-state index in [0.29, 0.717) is 12.8 Å². The molecule has 5 atom stereocenters. The van der Waals surface area contributed by atoms with Gasteiger partial charge in [0.05, 0.1) is 18.8 Å². The van der Waals surface area contributed by atoms with E-state index >= 15 is 0 Å². The predicted octanol–water partition coefficient (Wildman–Crippen LogP) is 1.28. The van der Waals surface area contributed by atoms with Gasteiger partial charge in [-0.15, -0.1) is 0 Å². The molecule has 9 heteroatoms. The van der Waals surface area contributed by atoms with E-state index in [2.05, 4.69) is 22.1 Å². The number of ether oxygens (including phenoxy) is 1. The molecule has 0 amide bonds. The van der Waals surface area contributed by atoms with Crippen LogP contribution in [0.5, 0.6) is 0 Å². The first-order valence-corrected chi connectivity index (χ1v) is 8.34. The maximum Gasteiger partial charge on any atom is 0.396 e. The summed E-state index contributed by atoms with van der Waals surface area (Å²) in [7, 11) is -2.65. The summed E-state index contributed by atoms with van der Waals surface area (Å²) in [5, 5.41) is 14.8. The molecule has 0 aliphatic heterocycles. The molecule has 1 N–H and O–H groups in total. The second kappa shape index (κ2) is 6.28. The topological polar surface area (TPSA) is 96.6 Å². The molecule has 2 aliphatic carbocycles. The minimum atomic E-state index is -5.12. The highest BCUT2D eigenvalue weighted by atomic mass is 32.2. The maximum absolute atomic E-state index is 13.3. The number of halogens is 2. The van der Waals surface area contributed by atoms with Crippen LogP contribution in [0.2, 0.25) is 0 Å². The maximum atomic E-state index is 13.3. The fourth-order valence-corrected chi connectivity index (χ4v) is 3.93. The van der Waals surface area contributed by atoms with Gasteiger partial charge < -0.3 is 9.84 Å². The molecule has 0 spiro atoms. The van der Waals surface area contributed by atoms with Crippen LogP contribution >= 0.6 is 0 Å². The lowest BCUT2D eigenvalue weighted by atomic mass is 9.80. The number of rotatable bonds is 7. The van der Waals surface area contributed by atoms with Crippen LogP contribution in [-0.2, 0) is 19.0 Å². The van der Waals surface area contributed by atoms with E-state index < -0.39 is 28.1 Å². The Labute approximate surface area is 128 Å². The van der Waals surface area contributed by atoms with Gasteiger partial charge in [0, 0.05) is 5.92 Å². The van der Waals surface area contributed by atoms with Crippen LogP contribution in [0.15, 0.2) is 0 Å². The summed E-state index contributed by atoms with van der Waals surface area (Å²) in [5.74, 6) is 0.360. The first kappa shape index (κ1) is 17.4. The van der Waals surface area contributed by atoms with Gasteiger partial charge in [0.2, 0.25) is 7.11 Å². The van der Waals surface area contributed by atoms with Crippen molar-refractivity contribution in [2.45, 2.75) is 30.6 Å². The lowest BCUT2D eigenvalue weighted by Crippen LogP contribution is -2.37. The average Bonchev–Trinajstić information content (AvgIpc) is 3.06. The molecule has 2 aliphatic rings. The van der Waals surface area contributed by atoms with Crippen molar-refractivity contribution < 1.29 is 31.2 Å². The number of hydrogen-bond acceptors (Lipinski definition) is 6. The van der Waals surface area contributed by atoms with Gasteiger partial charge in [-0.3, -0.25) is 0 Å². The summed E-state index contributed by atoms with van der Waals surface area (Å²) in [6.07, 6.45) is 1.29. The first-order valence-electron chi connectivity index (χ1n) is 6.93. The lowest BCUT2D eigenvalue weighted by Gasteiger charge is -2.28. The Kier molecular flexibility index (Phi) is 4.96. The van der Waals surface area contributed by atoms with Gasteiger partial charge in [0.15, 0.2) is 0 Å². The summed E-state index contributed by atoms with van der Waals surface area (Å²) >= 11 is 0. The number of alkyl halides is 2. The molecule has 2 saturated carbocycles. The van der Waals surface area contributed by atoms with Crippen molar-refractivity contribution in [3.63, 3.8) is 0 Å². The van der Waals surface area contributed by atoms with Crippen LogP contribution in [0.3, 0.4) is 0 Å². The standard InChI is InChI=1S/C13H18F2NO5S/c1-20-22(18,19)13(14,15)7-21-6-12(17)11-4-8-2-9(11)3-10(8)5-16/h8-12,17H,1-4,6-7H2/q+1. The largest absolute Gasteiger partial charge is 0.396 e. The molecule has 124 valence electrons. The first-order chi connectivity index (χ1) is 10.2. The minimum Gasteiger partial charge on any atom is -0.390 e. The Bertz CT molecular complexity index is 547. The zero-order valence-electron chi connectivity index (χ0n) is 11.8. The molecule has 2 rings (SSSR count). The minimum absolute atomic E-state index is 0.0121. The second-order valence-corrected chi connectivity index (χ2v) is 7.66. The van der Waals surface area contributed by atoms with Crippen LogP contribution < -0.4 is 0 Å². The third-order valence-corrected chi connectivity index (χ3v) is 5.81. The summed E-state index contributed by atoms with van der Waals surface area (Å²) < 4.78 is 56.6. The van der Waals surface area contributed by atoms with Gasteiger partial charge in [-0.25, -0.2) is 0 Å². The number of fused-ring (bicyclic) bond motifs is 2. The van der Waals surface area contributed by atoms with E-state index in [9.17, 15) is 22.3 Å². The zero-order valence-corrected chi connectivity index (χ0v) is 12.6. The smallest absolute Gasteiger partial charge is 0.390 e. The average molecular weight is 338 g/mol. The van der Waals surface area contributed by atoms with Gasteiger partial charge >= 0.3 is 15.4 Å². The third kappa shape index (κ3) is 3.20. The highest BCUT2D eigenvalue weighted by molar-refractivity contribution is 7.87. The monoisotopic (exact) mass is 338 g/mol. The number of aliphatic hydroxyl groups excluding tert-OH is 1. The summed E-state index contributed by atoms with van der Waals surface area (Å²) in [6, 6.07) is 2.24. The van der Waals surface area contributed by atoms with Crippen LogP contribution in [0.4, 0.5) is 8.78 Å². The van der Waals surface area contributed by atoms with Crippen molar-refractivity contribution in [3.05, 3.63) is 7.11 Å². The molecule has 6 nitrogen and oxygen atoms in total. The summed E-state index contributed by atoms with van der Waals surface area (Å²) in [5.41, 5.74) is 0. The number of aliphatic hydroxyl groups is 1. The van der Waals surface area contributed by atoms with Crippen LogP contribution in [0.25, 0.3) is 0 Å². The lowest BCUT2D eigenvalue weighted by molar-refractivity contribution is -0.0634. The van der Waals surface area contributed by atoms with E-state index in [0.717, 1.165) is 6.42 Å². The normalized spacial score (nSPS) is 32.8. The second-order valence-electron chi connectivity index (χ2n) is 5.92. The van der Waals surface area contributed by atoms with Crippen molar-refractivity contribution in [3.8, 4) is 6.07 Å². The third-order valence-electron chi connectivity index (χ3n) is 4.65. The van der Waals surface area contributed by atoms with Gasteiger partial charge in [0.25, 0.3) is 0 Å². The molecule has 2 bridgehead atoms. The molecule has 0 aromatic heterocycles. The molecule has 0 saturated heterocycles. The van der Waals surface area contributed by atoms with Gasteiger partial charge in [-0.2, -0.15) is 22.5 Å². The van der Waals surface area contributed by atoms with E-state index in [1.807, 2.05) is 0 Å². The van der Waals surface area contributed by atoms with Crippen molar-refractivity contribution in [1.82, 2.24) is 0 Å². The van der Waals surface area contributed by atoms with Gasteiger partial charge in [-0.05, 0) is 37.0 Å². The Balaban J connectivity index is 1.81. The Morgan fingerprint density at radius 2 is 2.05 bits per heavy atom. The summed E-state index contributed by atoms with van der Waals surface area (Å²) in [4.78, 5) is 0. The highest BCUT2D eigenvalue weighted by Gasteiger charge is 2.50. The molecule has 2 fully saturated rings. The Morgan fingerprint density at radius 1 is 1.36 bits per heavy atom. The number of nitriles is 1. The van der Waals surface area contributed by atoms with Gasteiger partial charge in [0.1, 0.15) is 6.61 Å². The van der Waals surface area contributed by atoms with E-state index in [1.54, 1.807) is 0 Å². The summed E-state index contributed by atoms with van der Waals surface area (Å²) in [6.45, 7) is -1.78. The predicted molar refractivity (Wildman–Crippen MR) is 70.6 cm³/mol.